The second-order valence-electron chi connectivity index (χ2n) is 2.80. The molecule has 0 amide bonds. The molecule has 1 aromatic carbocycles. The third kappa shape index (κ3) is 3.01. The van der Waals surface area contributed by atoms with Gasteiger partial charge in [0.2, 0.25) is 0 Å². The molecule has 0 saturated carbocycles. The van der Waals surface area contributed by atoms with Crippen molar-refractivity contribution in [1.82, 2.24) is 0 Å². The number of nitrogens with two attached hydrogens (primary N) is 1. The summed E-state index contributed by atoms with van der Waals surface area (Å²) in [7, 11) is 0. The van der Waals surface area contributed by atoms with Gasteiger partial charge >= 0.3 is 0 Å². The van der Waals surface area contributed by atoms with Gasteiger partial charge in [0.15, 0.2) is 0 Å². The summed E-state index contributed by atoms with van der Waals surface area (Å²) >= 11 is 3.39. The van der Waals surface area contributed by atoms with Gasteiger partial charge in [0.05, 0.1) is 6.61 Å². The fraction of sp³-hybridized carbons (Fsp3) is 0.400. The van der Waals surface area contributed by atoms with Crippen LogP contribution < -0.4 is 10.5 Å². The first-order valence-corrected chi connectivity index (χ1v) is 5.18. The Balaban J connectivity index is 2.79. The average Bonchev–Trinajstić information content (AvgIpc) is 2.16. The Morgan fingerprint density at radius 1 is 1.46 bits per heavy atom. The molecule has 1 aromatic rings. The van der Waals surface area contributed by atoms with E-state index in [1.807, 2.05) is 18.2 Å². The first-order chi connectivity index (χ1) is 6.27. The lowest BCUT2D eigenvalue weighted by molar-refractivity contribution is 0.314. The van der Waals surface area contributed by atoms with E-state index in [0.717, 1.165) is 28.8 Å². The quantitative estimate of drug-likeness (QED) is 0.883. The highest BCUT2D eigenvalue weighted by molar-refractivity contribution is 9.10. The van der Waals surface area contributed by atoms with Crippen LogP contribution in [0.1, 0.15) is 18.9 Å². The molecule has 0 spiro atoms. The molecule has 0 fully saturated rings. The van der Waals surface area contributed by atoms with E-state index in [9.17, 15) is 0 Å². The van der Waals surface area contributed by atoms with Crippen LogP contribution in [-0.2, 0) is 6.54 Å². The van der Waals surface area contributed by atoms with Crippen molar-refractivity contribution in [3.63, 3.8) is 0 Å². The SMILES string of the molecule is CCCOc1ccc(Br)cc1CN. The predicted molar refractivity (Wildman–Crippen MR) is 57.8 cm³/mol. The lowest BCUT2D eigenvalue weighted by Gasteiger charge is -2.09. The molecule has 0 bridgehead atoms. The van der Waals surface area contributed by atoms with Crippen LogP contribution in [0.4, 0.5) is 0 Å². The maximum atomic E-state index is 5.59. The van der Waals surface area contributed by atoms with Crippen LogP contribution in [0, 0.1) is 0 Å². The van der Waals surface area contributed by atoms with E-state index in [1.54, 1.807) is 0 Å². The van der Waals surface area contributed by atoms with Gasteiger partial charge in [-0.2, -0.15) is 0 Å². The monoisotopic (exact) mass is 243 g/mol. The molecule has 0 aliphatic rings. The molecular weight excluding hydrogens is 230 g/mol. The van der Waals surface area contributed by atoms with Crippen molar-refractivity contribution >= 4 is 15.9 Å². The number of ether oxygens (including phenoxy) is 1. The molecule has 2 N–H and O–H groups in total. The number of halogens is 1. The summed E-state index contributed by atoms with van der Waals surface area (Å²) in [4.78, 5) is 0. The molecule has 0 aliphatic carbocycles. The minimum Gasteiger partial charge on any atom is -0.493 e. The van der Waals surface area contributed by atoms with Crippen LogP contribution in [0.2, 0.25) is 0 Å². The van der Waals surface area contributed by atoms with Crippen LogP contribution in [0.3, 0.4) is 0 Å². The lowest BCUT2D eigenvalue weighted by Crippen LogP contribution is -2.03. The Morgan fingerprint density at radius 2 is 2.23 bits per heavy atom. The zero-order valence-electron chi connectivity index (χ0n) is 7.72. The van der Waals surface area contributed by atoms with Crippen LogP contribution in [-0.4, -0.2) is 6.61 Å². The third-order valence-corrected chi connectivity index (χ3v) is 2.20. The molecule has 0 saturated heterocycles. The van der Waals surface area contributed by atoms with Crippen molar-refractivity contribution in [2.75, 3.05) is 6.61 Å². The Hall–Kier alpha value is -0.540. The summed E-state index contributed by atoms with van der Waals surface area (Å²) in [6, 6.07) is 5.90. The molecular formula is C10H14BrNO. The average molecular weight is 244 g/mol. The Labute approximate surface area is 87.2 Å². The smallest absolute Gasteiger partial charge is 0.123 e. The molecule has 2 nitrogen and oxygen atoms in total. The highest BCUT2D eigenvalue weighted by Crippen LogP contribution is 2.22. The van der Waals surface area contributed by atoms with Crippen LogP contribution >= 0.6 is 15.9 Å². The third-order valence-electron chi connectivity index (χ3n) is 1.70. The molecule has 0 radical (unpaired) electrons. The van der Waals surface area contributed by atoms with E-state index in [2.05, 4.69) is 22.9 Å². The summed E-state index contributed by atoms with van der Waals surface area (Å²) in [5.74, 6) is 0.896. The van der Waals surface area contributed by atoms with E-state index >= 15 is 0 Å². The summed E-state index contributed by atoms with van der Waals surface area (Å²) in [6.45, 7) is 3.34. The van der Waals surface area contributed by atoms with Crippen molar-refractivity contribution in [3.8, 4) is 5.75 Å². The van der Waals surface area contributed by atoms with Gasteiger partial charge in [0.25, 0.3) is 0 Å². The largest absolute Gasteiger partial charge is 0.493 e. The van der Waals surface area contributed by atoms with Gasteiger partial charge < -0.3 is 10.5 Å². The summed E-state index contributed by atoms with van der Waals surface area (Å²) in [6.07, 6.45) is 1.01. The van der Waals surface area contributed by atoms with E-state index in [-0.39, 0.29) is 0 Å². The maximum Gasteiger partial charge on any atom is 0.123 e. The maximum absolute atomic E-state index is 5.59. The van der Waals surface area contributed by atoms with Crippen molar-refractivity contribution < 1.29 is 4.74 Å². The summed E-state index contributed by atoms with van der Waals surface area (Å²) in [5.41, 5.74) is 6.63. The van der Waals surface area contributed by atoms with Crippen LogP contribution in [0.15, 0.2) is 22.7 Å². The van der Waals surface area contributed by atoms with Gasteiger partial charge in [-0.05, 0) is 24.6 Å². The standard InChI is InChI=1S/C10H14BrNO/c1-2-5-13-10-4-3-9(11)6-8(10)7-12/h3-4,6H,2,5,7,12H2,1H3. The molecule has 0 aromatic heterocycles. The molecule has 1 rings (SSSR count). The highest BCUT2D eigenvalue weighted by Gasteiger charge is 2.01. The van der Waals surface area contributed by atoms with E-state index in [1.165, 1.54) is 0 Å². The Bertz CT molecular complexity index is 276. The molecule has 0 heterocycles. The first kappa shape index (κ1) is 10.5. The van der Waals surface area contributed by atoms with Crippen molar-refractivity contribution in [2.24, 2.45) is 5.73 Å². The van der Waals surface area contributed by atoms with Gasteiger partial charge in [-0.3, -0.25) is 0 Å². The Morgan fingerprint density at radius 3 is 2.85 bits per heavy atom. The van der Waals surface area contributed by atoms with Crippen molar-refractivity contribution in [2.45, 2.75) is 19.9 Å². The topological polar surface area (TPSA) is 35.2 Å². The second-order valence-corrected chi connectivity index (χ2v) is 3.72. The zero-order valence-corrected chi connectivity index (χ0v) is 9.30. The molecule has 0 unspecified atom stereocenters. The molecule has 0 atom stereocenters. The highest BCUT2D eigenvalue weighted by atomic mass is 79.9. The fourth-order valence-electron chi connectivity index (χ4n) is 1.06. The van der Waals surface area contributed by atoms with Crippen molar-refractivity contribution in [3.05, 3.63) is 28.2 Å². The van der Waals surface area contributed by atoms with Gasteiger partial charge in [-0.15, -0.1) is 0 Å². The minimum absolute atomic E-state index is 0.512. The minimum atomic E-state index is 0.512. The van der Waals surface area contributed by atoms with Gasteiger partial charge in [-0.25, -0.2) is 0 Å². The number of rotatable bonds is 4. The van der Waals surface area contributed by atoms with E-state index in [0.29, 0.717) is 6.54 Å². The zero-order chi connectivity index (χ0) is 9.68. The summed E-state index contributed by atoms with van der Waals surface area (Å²) in [5, 5.41) is 0. The number of hydrogen-bond acceptors (Lipinski definition) is 2. The molecule has 3 heteroatoms. The normalized spacial score (nSPS) is 10.1. The predicted octanol–water partition coefficient (Wildman–Crippen LogP) is 2.70. The Kier molecular flexibility index (Phi) is 4.25. The first-order valence-electron chi connectivity index (χ1n) is 4.39. The molecule has 0 aliphatic heterocycles. The van der Waals surface area contributed by atoms with E-state index in [4.69, 9.17) is 10.5 Å². The lowest BCUT2D eigenvalue weighted by atomic mass is 10.2. The van der Waals surface area contributed by atoms with Crippen LogP contribution in [0.5, 0.6) is 5.75 Å². The van der Waals surface area contributed by atoms with Gasteiger partial charge in [0, 0.05) is 16.6 Å². The molecule has 13 heavy (non-hydrogen) atoms. The second kappa shape index (κ2) is 5.25. The van der Waals surface area contributed by atoms with Gasteiger partial charge in [0.1, 0.15) is 5.75 Å². The summed E-state index contributed by atoms with van der Waals surface area (Å²) < 4.78 is 6.57. The van der Waals surface area contributed by atoms with E-state index < -0.39 is 0 Å². The number of hydrogen-bond donors (Lipinski definition) is 1. The van der Waals surface area contributed by atoms with Crippen molar-refractivity contribution in [1.29, 1.82) is 0 Å². The van der Waals surface area contributed by atoms with Gasteiger partial charge in [-0.1, -0.05) is 22.9 Å². The van der Waals surface area contributed by atoms with Crippen LogP contribution in [0.25, 0.3) is 0 Å². The molecule has 72 valence electrons. The number of benzene rings is 1. The fourth-order valence-corrected chi connectivity index (χ4v) is 1.47.